The third-order valence-electron chi connectivity index (χ3n) is 2.56. The number of rotatable bonds is 10. The van der Waals surface area contributed by atoms with Gasteiger partial charge in [0.2, 0.25) is 6.29 Å². The van der Waals surface area contributed by atoms with Crippen molar-refractivity contribution in [1.82, 2.24) is 0 Å². The molecule has 1 N–H and O–H groups in total. The summed E-state index contributed by atoms with van der Waals surface area (Å²) in [5.41, 5.74) is 0. The van der Waals surface area contributed by atoms with Crippen LogP contribution in [0.5, 0.6) is 0 Å². The van der Waals surface area contributed by atoms with Gasteiger partial charge < -0.3 is 9.84 Å². The SMILES string of the molecule is CCCCCCCC(O)OC(=O)CCCC. The van der Waals surface area contributed by atoms with Crippen LogP contribution in [0.4, 0.5) is 0 Å². The predicted molar refractivity (Wildman–Crippen MR) is 65.0 cm³/mol. The first-order valence-electron chi connectivity index (χ1n) is 6.58. The maximum absolute atomic E-state index is 11.2. The van der Waals surface area contributed by atoms with Crippen molar-refractivity contribution >= 4 is 5.97 Å². The van der Waals surface area contributed by atoms with Crippen molar-refractivity contribution in [3.63, 3.8) is 0 Å². The molecule has 96 valence electrons. The molecular formula is C13H26O3. The molecule has 0 bridgehead atoms. The minimum atomic E-state index is -0.897. The molecule has 3 nitrogen and oxygen atoms in total. The van der Waals surface area contributed by atoms with E-state index in [9.17, 15) is 9.90 Å². The molecule has 0 amide bonds. The lowest BCUT2D eigenvalue weighted by Crippen LogP contribution is -2.17. The van der Waals surface area contributed by atoms with E-state index in [0.717, 1.165) is 25.7 Å². The molecule has 0 saturated heterocycles. The van der Waals surface area contributed by atoms with Crippen LogP contribution >= 0.6 is 0 Å². The molecule has 0 fully saturated rings. The number of hydrogen-bond acceptors (Lipinski definition) is 3. The van der Waals surface area contributed by atoms with Crippen LogP contribution in [0.1, 0.15) is 71.6 Å². The van der Waals surface area contributed by atoms with Gasteiger partial charge >= 0.3 is 5.97 Å². The lowest BCUT2D eigenvalue weighted by Gasteiger charge is -2.11. The van der Waals surface area contributed by atoms with Crippen LogP contribution < -0.4 is 0 Å². The minimum absolute atomic E-state index is 0.275. The summed E-state index contributed by atoms with van der Waals surface area (Å²) in [6, 6.07) is 0. The van der Waals surface area contributed by atoms with Gasteiger partial charge in [0.1, 0.15) is 0 Å². The van der Waals surface area contributed by atoms with Crippen molar-refractivity contribution in [2.75, 3.05) is 0 Å². The Hall–Kier alpha value is -0.570. The van der Waals surface area contributed by atoms with Gasteiger partial charge in [0, 0.05) is 12.8 Å². The Labute approximate surface area is 99.2 Å². The first-order valence-corrected chi connectivity index (χ1v) is 6.58. The second kappa shape index (κ2) is 10.9. The molecule has 1 atom stereocenters. The number of unbranched alkanes of at least 4 members (excludes halogenated alkanes) is 5. The largest absolute Gasteiger partial charge is 0.436 e. The Kier molecular flexibility index (Phi) is 10.5. The van der Waals surface area contributed by atoms with Crippen molar-refractivity contribution in [3.05, 3.63) is 0 Å². The number of carbonyl (C=O) groups excluding carboxylic acids is 1. The molecular weight excluding hydrogens is 204 g/mol. The first-order chi connectivity index (χ1) is 7.70. The van der Waals surface area contributed by atoms with E-state index in [1.807, 2.05) is 6.92 Å². The van der Waals surface area contributed by atoms with Crippen molar-refractivity contribution in [2.24, 2.45) is 0 Å². The average Bonchev–Trinajstić information content (AvgIpc) is 2.26. The fourth-order valence-electron chi connectivity index (χ4n) is 1.51. The lowest BCUT2D eigenvalue weighted by molar-refractivity contribution is -0.168. The highest BCUT2D eigenvalue weighted by Gasteiger charge is 2.09. The Morgan fingerprint density at radius 3 is 2.31 bits per heavy atom. The zero-order valence-electron chi connectivity index (χ0n) is 10.7. The summed E-state index contributed by atoms with van der Waals surface area (Å²) < 4.78 is 4.88. The number of ether oxygens (including phenoxy) is 1. The molecule has 0 spiro atoms. The van der Waals surface area contributed by atoms with Crippen molar-refractivity contribution in [1.29, 1.82) is 0 Å². The number of hydrogen-bond donors (Lipinski definition) is 1. The van der Waals surface area contributed by atoms with Crippen LogP contribution in [0.15, 0.2) is 0 Å². The van der Waals surface area contributed by atoms with Crippen LogP contribution in [0.2, 0.25) is 0 Å². The summed E-state index contributed by atoms with van der Waals surface area (Å²) >= 11 is 0. The predicted octanol–water partition coefficient (Wildman–Crippen LogP) is 3.40. The summed E-state index contributed by atoms with van der Waals surface area (Å²) in [5, 5.41) is 9.43. The molecule has 16 heavy (non-hydrogen) atoms. The van der Waals surface area contributed by atoms with E-state index in [0.29, 0.717) is 12.8 Å². The van der Waals surface area contributed by atoms with Gasteiger partial charge in [-0.1, -0.05) is 46.0 Å². The Balaban J connectivity index is 3.35. The third-order valence-corrected chi connectivity index (χ3v) is 2.56. The molecule has 3 heteroatoms. The molecule has 0 heterocycles. The normalized spacial score (nSPS) is 12.4. The fourth-order valence-corrected chi connectivity index (χ4v) is 1.51. The third kappa shape index (κ3) is 9.97. The molecule has 1 unspecified atom stereocenters. The van der Waals surface area contributed by atoms with E-state index in [1.165, 1.54) is 19.3 Å². The van der Waals surface area contributed by atoms with E-state index < -0.39 is 6.29 Å². The quantitative estimate of drug-likeness (QED) is 0.355. The number of aliphatic hydroxyl groups is 1. The van der Waals surface area contributed by atoms with Crippen LogP contribution in [0.3, 0.4) is 0 Å². The smallest absolute Gasteiger partial charge is 0.308 e. The summed E-state index contributed by atoms with van der Waals surface area (Å²) in [5.74, 6) is -0.275. The minimum Gasteiger partial charge on any atom is -0.436 e. The Morgan fingerprint density at radius 1 is 1.06 bits per heavy atom. The van der Waals surface area contributed by atoms with Gasteiger partial charge in [0.25, 0.3) is 0 Å². The van der Waals surface area contributed by atoms with E-state index in [2.05, 4.69) is 6.92 Å². The molecule has 0 aliphatic carbocycles. The maximum atomic E-state index is 11.2. The van der Waals surface area contributed by atoms with E-state index in [1.54, 1.807) is 0 Å². The molecule has 0 aromatic carbocycles. The average molecular weight is 230 g/mol. The van der Waals surface area contributed by atoms with E-state index in [-0.39, 0.29) is 5.97 Å². The Bertz CT molecular complexity index is 169. The number of aliphatic hydroxyl groups excluding tert-OH is 1. The molecule has 0 radical (unpaired) electrons. The standard InChI is InChI=1S/C13H26O3/c1-3-5-7-8-9-11-13(15)16-12(14)10-6-4-2/h13,15H,3-11H2,1-2H3. The summed E-state index contributed by atoms with van der Waals surface area (Å²) in [6.07, 6.45) is 7.61. The van der Waals surface area contributed by atoms with E-state index in [4.69, 9.17) is 4.74 Å². The maximum Gasteiger partial charge on any atom is 0.308 e. The second-order valence-corrected chi connectivity index (χ2v) is 4.25. The molecule has 0 aliphatic rings. The zero-order chi connectivity index (χ0) is 12.2. The van der Waals surface area contributed by atoms with Crippen LogP contribution in [-0.2, 0) is 9.53 Å². The van der Waals surface area contributed by atoms with Crippen LogP contribution in [-0.4, -0.2) is 17.4 Å². The fraction of sp³-hybridized carbons (Fsp3) is 0.923. The highest BCUT2D eigenvalue weighted by Crippen LogP contribution is 2.09. The number of carbonyl (C=O) groups is 1. The Morgan fingerprint density at radius 2 is 1.69 bits per heavy atom. The van der Waals surface area contributed by atoms with Crippen molar-refractivity contribution < 1.29 is 14.6 Å². The lowest BCUT2D eigenvalue weighted by atomic mass is 10.1. The van der Waals surface area contributed by atoms with Gasteiger partial charge in [-0.2, -0.15) is 0 Å². The molecule has 0 aromatic heterocycles. The van der Waals surface area contributed by atoms with Gasteiger partial charge in [-0.3, -0.25) is 4.79 Å². The molecule has 0 rings (SSSR count). The van der Waals surface area contributed by atoms with Gasteiger partial charge in [0.05, 0.1) is 0 Å². The van der Waals surface area contributed by atoms with Crippen molar-refractivity contribution in [2.45, 2.75) is 77.9 Å². The van der Waals surface area contributed by atoms with Crippen LogP contribution in [0, 0.1) is 0 Å². The van der Waals surface area contributed by atoms with Gasteiger partial charge in [-0.25, -0.2) is 0 Å². The molecule has 0 aliphatic heterocycles. The van der Waals surface area contributed by atoms with Gasteiger partial charge in [0.15, 0.2) is 0 Å². The van der Waals surface area contributed by atoms with Crippen LogP contribution in [0.25, 0.3) is 0 Å². The highest BCUT2D eigenvalue weighted by molar-refractivity contribution is 5.69. The summed E-state index contributed by atoms with van der Waals surface area (Å²) in [4.78, 5) is 11.2. The first kappa shape index (κ1) is 15.4. The van der Waals surface area contributed by atoms with Gasteiger partial charge in [-0.05, 0) is 12.8 Å². The monoisotopic (exact) mass is 230 g/mol. The molecule has 0 aromatic rings. The topological polar surface area (TPSA) is 46.5 Å². The van der Waals surface area contributed by atoms with Gasteiger partial charge in [-0.15, -0.1) is 0 Å². The van der Waals surface area contributed by atoms with E-state index >= 15 is 0 Å². The highest BCUT2D eigenvalue weighted by atomic mass is 16.6. The zero-order valence-corrected chi connectivity index (χ0v) is 10.7. The summed E-state index contributed by atoms with van der Waals surface area (Å²) in [7, 11) is 0. The van der Waals surface area contributed by atoms with Crippen molar-refractivity contribution in [3.8, 4) is 0 Å². The second-order valence-electron chi connectivity index (χ2n) is 4.25. The number of esters is 1. The molecule has 0 saturated carbocycles. The summed E-state index contributed by atoms with van der Waals surface area (Å²) in [6.45, 7) is 4.20.